The maximum Gasteiger partial charge on any atom is 0.352 e. The lowest BCUT2D eigenvalue weighted by Crippen LogP contribution is -2.36. The summed E-state index contributed by atoms with van der Waals surface area (Å²) in [6, 6.07) is 12.9. The molecule has 8 nitrogen and oxygen atoms in total. The zero-order valence-corrected chi connectivity index (χ0v) is 21.4. The second kappa shape index (κ2) is 10.2. The van der Waals surface area contributed by atoms with Gasteiger partial charge in [0.05, 0.1) is 17.4 Å². The molecule has 192 valence electrons. The second-order valence-corrected chi connectivity index (χ2v) is 10.4. The van der Waals surface area contributed by atoms with Gasteiger partial charge in [0.1, 0.15) is 0 Å². The molecule has 1 aliphatic rings. The van der Waals surface area contributed by atoms with Crippen molar-refractivity contribution in [2.75, 3.05) is 0 Å². The molecule has 0 bridgehead atoms. The Morgan fingerprint density at radius 3 is 2.51 bits per heavy atom. The summed E-state index contributed by atoms with van der Waals surface area (Å²) >= 11 is 0. The number of nitrogens with one attached hydrogen (secondary N) is 1. The molecule has 4 aromatic rings. The van der Waals surface area contributed by atoms with Gasteiger partial charge in [0, 0.05) is 18.2 Å². The Kier molecular flexibility index (Phi) is 6.82. The first-order valence-electron chi connectivity index (χ1n) is 13.0. The van der Waals surface area contributed by atoms with E-state index in [-0.39, 0.29) is 41.4 Å². The van der Waals surface area contributed by atoms with E-state index in [9.17, 15) is 14.4 Å². The highest BCUT2D eigenvalue weighted by atomic mass is 16.2. The summed E-state index contributed by atoms with van der Waals surface area (Å²) in [5.74, 6) is 0.269. The topological polar surface area (TPSA) is 90.4 Å². The summed E-state index contributed by atoms with van der Waals surface area (Å²) in [5.41, 5.74) is 2.15. The predicted octanol–water partition coefficient (Wildman–Crippen LogP) is 4.22. The largest absolute Gasteiger partial charge is 0.352 e. The van der Waals surface area contributed by atoms with Crippen LogP contribution in [0, 0.1) is 5.92 Å². The zero-order valence-electron chi connectivity index (χ0n) is 21.4. The summed E-state index contributed by atoms with van der Waals surface area (Å²) in [6.45, 7) is 8.49. The number of nitrogens with zero attached hydrogens (tertiary/aromatic N) is 4. The van der Waals surface area contributed by atoms with Gasteiger partial charge < -0.3 is 5.32 Å². The maximum absolute atomic E-state index is 13.6. The lowest BCUT2D eigenvalue weighted by Gasteiger charge is -2.22. The Morgan fingerprint density at radius 1 is 1.11 bits per heavy atom. The molecular weight excluding hydrogens is 466 g/mol. The molecule has 0 radical (unpaired) electrons. The number of amides is 1. The quantitative estimate of drug-likeness (QED) is 0.412. The summed E-state index contributed by atoms with van der Waals surface area (Å²) in [7, 11) is 0. The van der Waals surface area contributed by atoms with Gasteiger partial charge in [-0.2, -0.15) is 0 Å². The van der Waals surface area contributed by atoms with Gasteiger partial charge in [-0.05, 0) is 48.1 Å². The summed E-state index contributed by atoms with van der Waals surface area (Å²) in [4.78, 5) is 40.2. The Balaban J connectivity index is 1.63. The Morgan fingerprint density at radius 2 is 1.84 bits per heavy atom. The summed E-state index contributed by atoms with van der Waals surface area (Å²) in [5, 5.41) is 8.10. The van der Waals surface area contributed by atoms with Crippen LogP contribution in [-0.2, 0) is 13.1 Å². The van der Waals surface area contributed by atoms with Crippen LogP contribution in [0.2, 0.25) is 0 Å². The monoisotopic (exact) mass is 499 g/mol. The second-order valence-electron chi connectivity index (χ2n) is 10.4. The van der Waals surface area contributed by atoms with E-state index in [2.05, 4.69) is 17.0 Å². The van der Waals surface area contributed by atoms with E-state index in [0.717, 1.165) is 36.8 Å². The minimum atomic E-state index is -0.352. The Bertz CT molecular complexity index is 1580. The van der Waals surface area contributed by atoms with Gasteiger partial charge in [-0.15, -0.1) is 5.10 Å². The molecule has 1 N–H and O–H groups in total. The molecule has 1 amide bonds. The van der Waals surface area contributed by atoms with E-state index >= 15 is 0 Å². The van der Waals surface area contributed by atoms with Crippen molar-refractivity contribution in [1.29, 1.82) is 0 Å². The van der Waals surface area contributed by atoms with E-state index in [1.165, 1.54) is 15.5 Å². The average Bonchev–Trinajstić information content (AvgIpc) is 3.22. The fourth-order valence-corrected chi connectivity index (χ4v) is 5.14. The fraction of sp³-hybridized carbons (Fsp3) is 0.379. The van der Waals surface area contributed by atoms with Gasteiger partial charge in [-0.3, -0.25) is 14.2 Å². The Hall–Kier alpha value is -3.94. The first-order chi connectivity index (χ1) is 17.9. The highest BCUT2D eigenvalue weighted by molar-refractivity contribution is 5.98. The van der Waals surface area contributed by atoms with Crippen molar-refractivity contribution >= 4 is 28.7 Å². The molecule has 8 heteroatoms. The molecule has 0 saturated heterocycles. The predicted molar refractivity (Wildman–Crippen MR) is 146 cm³/mol. The molecule has 1 fully saturated rings. The van der Waals surface area contributed by atoms with Crippen molar-refractivity contribution in [2.45, 2.75) is 65.1 Å². The summed E-state index contributed by atoms with van der Waals surface area (Å²) < 4.78 is 4.41. The average molecular weight is 500 g/mol. The van der Waals surface area contributed by atoms with Gasteiger partial charge >= 0.3 is 5.69 Å². The molecule has 0 spiro atoms. The van der Waals surface area contributed by atoms with Crippen LogP contribution in [0.5, 0.6) is 0 Å². The number of rotatable bonds is 7. The van der Waals surface area contributed by atoms with Crippen molar-refractivity contribution in [3.63, 3.8) is 0 Å². The van der Waals surface area contributed by atoms with Crippen LogP contribution in [0.25, 0.3) is 22.8 Å². The molecule has 0 aliphatic heterocycles. The van der Waals surface area contributed by atoms with Crippen molar-refractivity contribution < 1.29 is 4.79 Å². The Labute approximate surface area is 215 Å². The van der Waals surface area contributed by atoms with E-state index < -0.39 is 0 Å². The third kappa shape index (κ3) is 4.88. The number of aromatic nitrogens is 4. The lowest BCUT2D eigenvalue weighted by atomic mass is 9.95. The van der Waals surface area contributed by atoms with Crippen LogP contribution >= 0.6 is 0 Å². The first-order valence-corrected chi connectivity index (χ1v) is 13.0. The molecule has 2 aromatic carbocycles. The molecule has 37 heavy (non-hydrogen) atoms. The van der Waals surface area contributed by atoms with E-state index in [0.29, 0.717) is 23.0 Å². The highest BCUT2D eigenvalue weighted by Gasteiger charge is 2.21. The fourth-order valence-electron chi connectivity index (χ4n) is 5.14. The molecule has 0 unspecified atom stereocenters. The smallest absolute Gasteiger partial charge is 0.349 e. The van der Waals surface area contributed by atoms with Gasteiger partial charge in [0.2, 0.25) is 5.78 Å². The SMILES string of the molecule is C=Cc1ccc(Cn2nc3n(CC(C)C)c(=O)c4ccc(C(=O)NC5CCCCC5)cc4n3c2=O)cc1. The van der Waals surface area contributed by atoms with Crippen LogP contribution in [0.15, 0.2) is 58.6 Å². The molecule has 1 saturated carbocycles. The van der Waals surface area contributed by atoms with E-state index in [1.807, 2.05) is 38.1 Å². The number of hydrogen-bond donors (Lipinski definition) is 1. The van der Waals surface area contributed by atoms with Crippen molar-refractivity contribution in [1.82, 2.24) is 24.1 Å². The van der Waals surface area contributed by atoms with Crippen LogP contribution in [-0.4, -0.2) is 30.7 Å². The molecule has 5 rings (SSSR count). The normalized spacial score (nSPS) is 14.5. The highest BCUT2D eigenvalue weighted by Crippen LogP contribution is 2.19. The third-order valence-electron chi connectivity index (χ3n) is 7.08. The third-order valence-corrected chi connectivity index (χ3v) is 7.08. The first kappa shape index (κ1) is 24.7. The van der Waals surface area contributed by atoms with Crippen molar-refractivity contribution in [3.8, 4) is 0 Å². The minimum Gasteiger partial charge on any atom is -0.349 e. The van der Waals surface area contributed by atoms with E-state index in [4.69, 9.17) is 0 Å². The molecular formula is C29H33N5O3. The van der Waals surface area contributed by atoms with Crippen LogP contribution in [0.1, 0.15) is 67.4 Å². The molecule has 2 heterocycles. The number of carbonyl (C=O) groups is 1. The lowest BCUT2D eigenvalue weighted by molar-refractivity contribution is 0.0928. The maximum atomic E-state index is 13.6. The molecule has 1 aliphatic carbocycles. The number of hydrogen-bond acceptors (Lipinski definition) is 4. The standard InChI is InChI=1S/C29H33N5O3/c1-4-20-10-12-21(13-11-20)18-33-29(37)34-25-16-22(26(35)30-23-8-6-5-7-9-23)14-15-24(25)27(36)32(17-19(2)3)28(34)31-33/h4,10-16,19,23H,1,5-9,17-18H2,2-3H3,(H,30,35). The van der Waals surface area contributed by atoms with E-state index in [1.54, 1.807) is 28.8 Å². The van der Waals surface area contributed by atoms with Gasteiger partial charge in [0.25, 0.3) is 11.5 Å². The van der Waals surface area contributed by atoms with Gasteiger partial charge in [-0.25, -0.2) is 13.9 Å². The van der Waals surface area contributed by atoms with Gasteiger partial charge in [-0.1, -0.05) is 70.0 Å². The number of benzene rings is 2. The zero-order chi connectivity index (χ0) is 26.1. The van der Waals surface area contributed by atoms with Crippen LogP contribution in [0.3, 0.4) is 0 Å². The number of carbonyl (C=O) groups excluding carboxylic acids is 1. The number of fused-ring (bicyclic) bond motifs is 3. The van der Waals surface area contributed by atoms with Crippen molar-refractivity contribution in [2.24, 2.45) is 5.92 Å². The van der Waals surface area contributed by atoms with Crippen LogP contribution in [0.4, 0.5) is 0 Å². The summed E-state index contributed by atoms with van der Waals surface area (Å²) in [6.07, 6.45) is 7.15. The van der Waals surface area contributed by atoms with Crippen LogP contribution < -0.4 is 16.6 Å². The molecule has 0 atom stereocenters. The minimum absolute atomic E-state index is 0.161. The van der Waals surface area contributed by atoms with Gasteiger partial charge in [0.15, 0.2) is 0 Å². The van der Waals surface area contributed by atoms with Crippen molar-refractivity contribution in [3.05, 3.63) is 86.6 Å². The molecule has 2 aromatic heterocycles.